The van der Waals surface area contributed by atoms with Crippen LogP contribution in [0, 0.1) is 5.82 Å². The van der Waals surface area contributed by atoms with Gasteiger partial charge in [0.25, 0.3) is 5.91 Å². The summed E-state index contributed by atoms with van der Waals surface area (Å²) >= 11 is 5.78. The number of aromatic hydroxyl groups is 2. The predicted octanol–water partition coefficient (Wildman–Crippen LogP) is 2.11. The number of hydrogen-bond donors (Lipinski definition) is 3. The topological polar surface area (TPSA) is 116 Å². The van der Waals surface area contributed by atoms with E-state index in [9.17, 15) is 27.8 Å². The minimum atomic E-state index is -4.09. The van der Waals surface area contributed by atoms with Crippen LogP contribution in [0.2, 0.25) is 5.02 Å². The molecule has 11 heteroatoms. The lowest BCUT2D eigenvalue weighted by Crippen LogP contribution is -2.29. The Labute approximate surface area is 170 Å². The summed E-state index contributed by atoms with van der Waals surface area (Å²) in [6.07, 6.45) is 0.367. The Hall–Kier alpha value is -2.56. The number of ether oxygens (including phenoxy) is 1. The van der Waals surface area contributed by atoms with Crippen LogP contribution in [-0.4, -0.2) is 42.6 Å². The van der Waals surface area contributed by atoms with E-state index in [0.717, 1.165) is 6.07 Å². The molecule has 0 bridgehead atoms. The first-order valence-corrected chi connectivity index (χ1v) is 10.5. The number of nitrogens with zero attached hydrogens (tertiary/aromatic N) is 1. The summed E-state index contributed by atoms with van der Waals surface area (Å²) in [5.74, 6) is -3.20. The highest BCUT2D eigenvalue weighted by Gasteiger charge is 2.41. The molecule has 0 saturated heterocycles. The standard InChI is InChI=1S/C18H16ClFN2O6S/c19-11-6-9(2-3-12(11)20)7-22-8-10-13(18(22)25)14(23)15(24)16-17(10)29(26,27)21-4-1-5-28-16/h2-3,6,21,23-24H,1,4-5,7-8H2. The summed E-state index contributed by atoms with van der Waals surface area (Å²) in [5.41, 5.74) is 0.244. The number of benzene rings is 2. The van der Waals surface area contributed by atoms with E-state index in [-0.39, 0.29) is 53.0 Å². The smallest absolute Gasteiger partial charge is 0.258 e. The number of phenols is 2. The highest BCUT2D eigenvalue weighted by molar-refractivity contribution is 7.89. The highest BCUT2D eigenvalue weighted by atomic mass is 35.5. The molecule has 154 valence electrons. The van der Waals surface area contributed by atoms with Gasteiger partial charge in [-0.2, -0.15) is 0 Å². The summed E-state index contributed by atoms with van der Waals surface area (Å²) in [6.45, 7) is 0.0946. The van der Waals surface area contributed by atoms with Crippen molar-refractivity contribution in [1.29, 1.82) is 0 Å². The highest BCUT2D eigenvalue weighted by Crippen LogP contribution is 2.49. The van der Waals surface area contributed by atoms with Crippen molar-refractivity contribution >= 4 is 27.5 Å². The summed E-state index contributed by atoms with van der Waals surface area (Å²) in [4.78, 5) is 13.8. The molecule has 0 spiro atoms. The van der Waals surface area contributed by atoms with Gasteiger partial charge in [-0.05, 0) is 24.1 Å². The Morgan fingerprint density at radius 1 is 1.28 bits per heavy atom. The lowest BCUT2D eigenvalue weighted by Gasteiger charge is -2.20. The Kier molecular flexibility index (Phi) is 4.80. The van der Waals surface area contributed by atoms with Crippen LogP contribution in [0.4, 0.5) is 4.39 Å². The lowest BCUT2D eigenvalue weighted by molar-refractivity contribution is 0.0764. The molecule has 0 unspecified atom stereocenters. The molecule has 2 aromatic rings. The largest absolute Gasteiger partial charge is 0.504 e. The molecule has 2 heterocycles. The zero-order valence-electron chi connectivity index (χ0n) is 14.9. The number of halogens is 2. The number of nitrogens with one attached hydrogen (secondary N) is 1. The first kappa shape index (κ1) is 19.7. The number of phenolic OH excluding ortho intramolecular Hbond substituents is 2. The van der Waals surface area contributed by atoms with Crippen molar-refractivity contribution in [3.05, 3.63) is 45.7 Å². The molecular formula is C18H16ClFN2O6S. The quantitative estimate of drug-likeness (QED) is 0.613. The molecular weight excluding hydrogens is 427 g/mol. The third-order valence-electron chi connectivity index (χ3n) is 4.79. The fourth-order valence-electron chi connectivity index (χ4n) is 3.46. The summed E-state index contributed by atoms with van der Waals surface area (Å²) in [5, 5.41) is 20.6. The molecule has 0 aromatic heterocycles. The SMILES string of the molecule is O=C1c2c(O)c(O)c3c(c2CN1Cc1ccc(F)c(Cl)c1)S(=O)(=O)NCCCO3. The predicted molar refractivity (Wildman–Crippen MR) is 100 cm³/mol. The molecule has 0 fully saturated rings. The van der Waals surface area contributed by atoms with Crippen molar-refractivity contribution in [3.8, 4) is 17.2 Å². The first-order valence-electron chi connectivity index (χ1n) is 8.67. The maximum Gasteiger partial charge on any atom is 0.258 e. The van der Waals surface area contributed by atoms with Crippen LogP contribution in [-0.2, 0) is 23.1 Å². The fourth-order valence-corrected chi connectivity index (χ4v) is 5.11. The van der Waals surface area contributed by atoms with Crippen molar-refractivity contribution in [2.24, 2.45) is 0 Å². The van der Waals surface area contributed by atoms with Crippen LogP contribution in [0.5, 0.6) is 17.2 Å². The van der Waals surface area contributed by atoms with Gasteiger partial charge >= 0.3 is 0 Å². The van der Waals surface area contributed by atoms with Crippen molar-refractivity contribution < 1.29 is 32.6 Å². The molecule has 2 aliphatic rings. The monoisotopic (exact) mass is 442 g/mol. The molecule has 2 aromatic carbocycles. The van der Waals surface area contributed by atoms with Crippen LogP contribution in [0.15, 0.2) is 23.1 Å². The van der Waals surface area contributed by atoms with E-state index in [1.807, 2.05) is 0 Å². The number of rotatable bonds is 2. The molecule has 4 rings (SSSR count). The maximum absolute atomic E-state index is 13.4. The number of carbonyl (C=O) groups excluding carboxylic acids is 1. The second-order valence-electron chi connectivity index (χ2n) is 6.72. The molecule has 2 aliphatic heterocycles. The number of hydrogen-bond acceptors (Lipinski definition) is 6. The fraction of sp³-hybridized carbons (Fsp3) is 0.278. The Morgan fingerprint density at radius 3 is 2.76 bits per heavy atom. The number of sulfonamides is 1. The van der Waals surface area contributed by atoms with Crippen LogP contribution < -0.4 is 9.46 Å². The molecule has 8 nitrogen and oxygen atoms in total. The van der Waals surface area contributed by atoms with Gasteiger partial charge in [0, 0.05) is 25.2 Å². The third kappa shape index (κ3) is 3.26. The minimum absolute atomic E-state index is 0.00315. The van der Waals surface area contributed by atoms with Gasteiger partial charge in [-0.1, -0.05) is 17.7 Å². The van der Waals surface area contributed by atoms with E-state index in [0.29, 0.717) is 12.0 Å². The molecule has 0 radical (unpaired) electrons. The van der Waals surface area contributed by atoms with Gasteiger partial charge in [0.2, 0.25) is 15.8 Å². The molecule has 0 atom stereocenters. The van der Waals surface area contributed by atoms with Gasteiger partial charge in [-0.15, -0.1) is 0 Å². The first-order chi connectivity index (χ1) is 13.7. The van der Waals surface area contributed by atoms with E-state index >= 15 is 0 Å². The van der Waals surface area contributed by atoms with Crippen molar-refractivity contribution in [1.82, 2.24) is 9.62 Å². The average Bonchev–Trinajstić information content (AvgIpc) is 2.96. The molecule has 3 N–H and O–H groups in total. The Bertz CT molecular complexity index is 1140. The van der Waals surface area contributed by atoms with Gasteiger partial charge < -0.3 is 19.8 Å². The van der Waals surface area contributed by atoms with Gasteiger partial charge in [0.15, 0.2) is 11.5 Å². The lowest BCUT2D eigenvalue weighted by atomic mass is 10.1. The number of fused-ring (bicyclic) bond motifs is 3. The van der Waals surface area contributed by atoms with Gasteiger partial charge in [0.05, 0.1) is 17.2 Å². The van der Waals surface area contributed by atoms with Gasteiger partial charge in [-0.25, -0.2) is 17.5 Å². The molecule has 0 aliphatic carbocycles. The second-order valence-corrected chi connectivity index (χ2v) is 8.83. The van der Waals surface area contributed by atoms with Crippen LogP contribution >= 0.6 is 11.6 Å². The average molecular weight is 443 g/mol. The van der Waals surface area contributed by atoms with Crippen molar-refractivity contribution in [2.45, 2.75) is 24.4 Å². The van der Waals surface area contributed by atoms with E-state index in [4.69, 9.17) is 16.3 Å². The summed E-state index contributed by atoms with van der Waals surface area (Å²) < 4.78 is 46.7. The molecule has 1 amide bonds. The Balaban J connectivity index is 1.81. The Morgan fingerprint density at radius 2 is 2.03 bits per heavy atom. The van der Waals surface area contributed by atoms with Crippen LogP contribution in [0.3, 0.4) is 0 Å². The number of amides is 1. The second kappa shape index (κ2) is 7.05. The van der Waals surface area contributed by atoms with Crippen molar-refractivity contribution in [3.63, 3.8) is 0 Å². The van der Waals surface area contributed by atoms with Crippen LogP contribution in [0.1, 0.15) is 27.9 Å². The van der Waals surface area contributed by atoms with E-state index in [1.165, 1.54) is 17.0 Å². The zero-order chi connectivity index (χ0) is 20.9. The minimum Gasteiger partial charge on any atom is -0.504 e. The maximum atomic E-state index is 13.4. The normalized spacial score (nSPS) is 17.9. The van der Waals surface area contributed by atoms with E-state index in [1.54, 1.807) is 0 Å². The van der Waals surface area contributed by atoms with Crippen molar-refractivity contribution in [2.75, 3.05) is 13.2 Å². The van der Waals surface area contributed by atoms with E-state index < -0.39 is 33.2 Å². The van der Waals surface area contributed by atoms with E-state index in [2.05, 4.69) is 4.72 Å². The molecule has 29 heavy (non-hydrogen) atoms. The molecule has 0 saturated carbocycles. The van der Waals surface area contributed by atoms with Gasteiger partial charge in [0.1, 0.15) is 10.7 Å². The third-order valence-corrected chi connectivity index (χ3v) is 6.64. The van der Waals surface area contributed by atoms with Gasteiger partial charge in [-0.3, -0.25) is 4.79 Å². The summed E-state index contributed by atoms with van der Waals surface area (Å²) in [6, 6.07) is 3.96. The number of carbonyl (C=O) groups is 1. The summed E-state index contributed by atoms with van der Waals surface area (Å²) in [7, 11) is -4.09. The van der Waals surface area contributed by atoms with Crippen LogP contribution in [0.25, 0.3) is 0 Å². The zero-order valence-corrected chi connectivity index (χ0v) is 16.5.